The van der Waals surface area contributed by atoms with E-state index in [1.54, 1.807) is 30.3 Å². The summed E-state index contributed by atoms with van der Waals surface area (Å²) < 4.78 is 19.3. The number of carbonyl (C=O) groups is 1. The highest BCUT2D eigenvalue weighted by molar-refractivity contribution is 5.73. The van der Waals surface area contributed by atoms with Crippen LogP contribution in [-0.4, -0.2) is 17.1 Å². The highest BCUT2D eigenvalue weighted by Crippen LogP contribution is 2.24. The smallest absolute Gasteiger partial charge is 0.320 e. The first-order valence-corrected chi connectivity index (χ1v) is 7.27. The molecule has 0 radical (unpaired) electrons. The fraction of sp³-hybridized carbons (Fsp3) is 0.353. The van der Waals surface area contributed by atoms with E-state index in [9.17, 15) is 14.3 Å². The summed E-state index contributed by atoms with van der Waals surface area (Å²) in [6.07, 6.45) is 0.538. The summed E-state index contributed by atoms with van der Waals surface area (Å²) in [5.41, 5.74) is 0.394. The molecule has 5 heteroatoms. The Kier molecular flexibility index (Phi) is 5.33. The number of hydrogen-bond donors (Lipinski definition) is 2. The maximum Gasteiger partial charge on any atom is 0.320 e. The number of carboxylic acid groups (broad SMARTS) is 1. The minimum Gasteiger partial charge on any atom is -0.480 e. The van der Waals surface area contributed by atoms with Crippen molar-refractivity contribution in [3.8, 4) is 11.3 Å². The maximum absolute atomic E-state index is 13.7. The molecule has 1 aromatic heterocycles. The van der Waals surface area contributed by atoms with Crippen LogP contribution in [0.4, 0.5) is 4.39 Å². The summed E-state index contributed by atoms with van der Waals surface area (Å²) in [6, 6.07) is 9.16. The molecule has 2 N–H and O–H groups in total. The zero-order chi connectivity index (χ0) is 16.1. The Labute approximate surface area is 129 Å². The first-order valence-electron chi connectivity index (χ1n) is 7.27. The second-order valence-corrected chi connectivity index (χ2v) is 5.65. The lowest BCUT2D eigenvalue weighted by Gasteiger charge is -2.15. The van der Waals surface area contributed by atoms with Crippen LogP contribution >= 0.6 is 0 Å². The fourth-order valence-corrected chi connectivity index (χ4v) is 2.25. The standard InChI is InChI=1S/C17H20FNO3/c1-11(2)9-15(17(20)21)19-10-12-7-8-16(22-12)13-5-3-4-6-14(13)18/h3-8,11,15,19H,9-10H2,1-2H3,(H,20,21). The molecule has 0 aliphatic heterocycles. The van der Waals surface area contributed by atoms with E-state index in [1.165, 1.54) is 6.07 Å². The van der Waals surface area contributed by atoms with Crippen LogP contribution in [0.2, 0.25) is 0 Å². The van der Waals surface area contributed by atoms with E-state index in [4.69, 9.17) is 4.42 Å². The Morgan fingerprint density at radius 2 is 2.00 bits per heavy atom. The molecule has 2 aromatic rings. The summed E-state index contributed by atoms with van der Waals surface area (Å²) in [4.78, 5) is 11.2. The lowest BCUT2D eigenvalue weighted by atomic mass is 10.0. The van der Waals surface area contributed by atoms with Gasteiger partial charge in [0.15, 0.2) is 0 Å². The molecule has 0 spiro atoms. The van der Waals surface area contributed by atoms with Gasteiger partial charge >= 0.3 is 5.97 Å². The van der Waals surface area contributed by atoms with Gasteiger partial charge in [-0.05, 0) is 36.6 Å². The number of halogens is 1. The Bertz CT molecular complexity index is 636. The predicted molar refractivity (Wildman–Crippen MR) is 81.8 cm³/mol. The zero-order valence-electron chi connectivity index (χ0n) is 12.7. The Balaban J connectivity index is 2.03. The first-order chi connectivity index (χ1) is 10.5. The average molecular weight is 305 g/mol. The van der Waals surface area contributed by atoms with Gasteiger partial charge in [-0.2, -0.15) is 0 Å². The van der Waals surface area contributed by atoms with Gasteiger partial charge in [-0.25, -0.2) is 4.39 Å². The minimum atomic E-state index is -0.880. The topological polar surface area (TPSA) is 62.5 Å². The number of hydrogen-bond acceptors (Lipinski definition) is 3. The van der Waals surface area contributed by atoms with Gasteiger partial charge in [0.25, 0.3) is 0 Å². The van der Waals surface area contributed by atoms with E-state index in [-0.39, 0.29) is 18.3 Å². The molecular formula is C17H20FNO3. The molecule has 1 atom stereocenters. The van der Waals surface area contributed by atoms with E-state index in [2.05, 4.69) is 5.32 Å². The van der Waals surface area contributed by atoms with Gasteiger partial charge in [0.1, 0.15) is 23.4 Å². The number of rotatable bonds is 7. The van der Waals surface area contributed by atoms with Crippen LogP contribution in [0, 0.1) is 11.7 Å². The molecule has 0 amide bonds. The van der Waals surface area contributed by atoms with Crippen molar-refractivity contribution in [3.63, 3.8) is 0 Å². The zero-order valence-corrected chi connectivity index (χ0v) is 12.7. The van der Waals surface area contributed by atoms with E-state index in [1.807, 2.05) is 13.8 Å². The molecule has 0 bridgehead atoms. The third-order valence-electron chi connectivity index (χ3n) is 3.33. The lowest BCUT2D eigenvalue weighted by Crippen LogP contribution is -2.37. The summed E-state index contributed by atoms with van der Waals surface area (Å²) >= 11 is 0. The third-order valence-corrected chi connectivity index (χ3v) is 3.33. The Morgan fingerprint density at radius 3 is 2.64 bits per heavy atom. The van der Waals surface area contributed by atoms with Crippen molar-refractivity contribution in [2.75, 3.05) is 0 Å². The third kappa shape index (κ3) is 4.18. The van der Waals surface area contributed by atoms with Crippen molar-refractivity contribution in [3.05, 3.63) is 48.0 Å². The Hall–Kier alpha value is -2.14. The SMILES string of the molecule is CC(C)CC(NCc1ccc(-c2ccccc2F)o1)C(=O)O. The number of carboxylic acids is 1. The number of furan rings is 1. The highest BCUT2D eigenvalue weighted by Gasteiger charge is 2.19. The largest absolute Gasteiger partial charge is 0.480 e. The molecule has 1 aromatic carbocycles. The second kappa shape index (κ2) is 7.22. The van der Waals surface area contributed by atoms with Gasteiger partial charge in [0.05, 0.1) is 12.1 Å². The fourth-order valence-electron chi connectivity index (χ4n) is 2.25. The molecule has 0 saturated carbocycles. The van der Waals surface area contributed by atoms with Crippen LogP contribution < -0.4 is 5.32 Å². The van der Waals surface area contributed by atoms with E-state index >= 15 is 0 Å². The average Bonchev–Trinajstić information content (AvgIpc) is 2.92. The second-order valence-electron chi connectivity index (χ2n) is 5.65. The summed E-state index contributed by atoms with van der Waals surface area (Å²) in [5, 5.41) is 12.1. The quantitative estimate of drug-likeness (QED) is 0.819. The normalized spacial score (nSPS) is 12.5. The number of aliphatic carboxylic acids is 1. The van der Waals surface area contributed by atoms with Crippen LogP contribution in [0.25, 0.3) is 11.3 Å². The molecule has 118 valence electrons. The van der Waals surface area contributed by atoms with Gasteiger partial charge in [0.2, 0.25) is 0 Å². The summed E-state index contributed by atoms with van der Waals surface area (Å²) in [7, 11) is 0. The first kappa shape index (κ1) is 16.2. The van der Waals surface area contributed by atoms with Crippen molar-refractivity contribution in [2.45, 2.75) is 32.9 Å². The molecule has 4 nitrogen and oxygen atoms in total. The van der Waals surface area contributed by atoms with E-state index in [0.717, 1.165) is 0 Å². The number of nitrogens with one attached hydrogen (secondary N) is 1. The summed E-state index contributed by atoms with van der Waals surface area (Å²) in [5.74, 6) is 0.0623. The molecule has 0 fully saturated rings. The van der Waals surface area contributed by atoms with Gasteiger partial charge in [-0.1, -0.05) is 26.0 Å². The van der Waals surface area contributed by atoms with Gasteiger partial charge < -0.3 is 9.52 Å². The van der Waals surface area contributed by atoms with Crippen LogP contribution in [0.3, 0.4) is 0 Å². The highest BCUT2D eigenvalue weighted by atomic mass is 19.1. The van der Waals surface area contributed by atoms with Gasteiger partial charge in [-0.15, -0.1) is 0 Å². The molecule has 2 rings (SSSR count). The van der Waals surface area contributed by atoms with Crippen LogP contribution in [0.15, 0.2) is 40.8 Å². The molecule has 0 aliphatic carbocycles. The van der Waals surface area contributed by atoms with Crippen molar-refractivity contribution < 1.29 is 18.7 Å². The van der Waals surface area contributed by atoms with Crippen LogP contribution in [0.1, 0.15) is 26.0 Å². The van der Waals surface area contributed by atoms with Crippen molar-refractivity contribution >= 4 is 5.97 Å². The number of benzene rings is 1. The Morgan fingerprint density at radius 1 is 1.27 bits per heavy atom. The van der Waals surface area contributed by atoms with Gasteiger partial charge in [-0.3, -0.25) is 10.1 Å². The van der Waals surface area contributed by atoms with Gasteiger partial charge in [0, 0.05) is 0 Å². The maximum atomic E-state index is 13.7. The van der Waals surface area contributed by atoms with Crippen LogP contribution in [-0.2, 0) is 11.3 Å². The lowest BCUT2D eigenvalue weighted by molar-refractivity contribution is -0.140. The van der Waals surface area contributed by atoms with Crippen molar-refractivity contribution in [1.29, 1.82) is 0 Å². The molecule has 1 heterocycles. The molecular weight excluding hydrogens is 285 g/mol. The molecule has 22 heavy (non-hydrogen) atoms. The van der Waals surface area contributed by atoms with Crippen molar-refractivity contribution in [1.82, 2.24) is 5.32 Å². The molecule has 0 aliphatic rings. The van der Waals surface area contributed by atoms with E-state index < -0.39 is 12.0 Å². The predicted octanol–water partition coefficient (Wildman–Crippen LogP) is 3.67. The monoisotopic (exact) mass is 305 g/mol. The van der Waals surface area contributed by atoms with Crippen molar-refractivity contribution in [2.24, 2.45) is 5.92 Å². The summed E-state index contributed by atoms with van der Waals surface area (Å²) in [6.45, 7) is 4.24. The van der Waals surface area contributed by atoms with Crippen LogP contribution in [0.5, 0.6) is 0 Å². The minimum absolute atomic E-state index is 0.277. The van der Waals surface area contributed by atoms with E-state index in [0.29, 0.717) is 23.5 Å². The molecule has 0 saturated heterocycles. The molecule has 1 unspecified atom stereocenters.